The fraction of sp³-hybridized carbons (Fsp3) is 0.438. The van der Waals surface area contributed by atoms with Crippen LogP contribution in [0.25, 0.3) is 0 Å². The molecule has 7 nitrogen and oxygen atoms in total. The molecular weight excluding hydrogens is 300 g/mol. The standard InChI is InChI=1S/C16H20N2O5/c1-3-22-10-16(21)23-9-15(20)18-11(2)8-14(19)17-12-6-4-5-7-13(12)18/h4-7,11H,3,8-10H2,1-2H3,(H,17,19). The fourth-order valence-electron chi connectivity index (χ4n) is 2.41. The summed E-state index contributed by atoms with van der Waals surface area (Å²) in [5.74, 6) is -1.13. The van der Waals surface area contributed by atoms with Gasteiger partial charge in [0.05, 0.1) is 11.4 Å². The van der Waals surface area contributed by atoms with Gasteiger partial charge in [0.1, 0.15) is 6.61 Å². The molecule has 1 N–H and O–H groups in total. The van der Waals surface area contributed by atoms with Crippen LogP contribution in [0.1, 0.15) is 20.3 Å². The van der Waals surface area contributed by atoms with E-state index in [1.54, 1.807) is 38.1 Å². The Morgan fingerprint density at radius 2 is 2.04 bits per heavy atom. The summed E-state index contributed by atoms with van der Waals surface area (Å²) in [4.78, 5) is 37.3. The first-order valence-corrected chi connectivity index (χ1v) is 7.47. The van der Waals surface area contributed by atoms with Crippen molar-refractivity contribution in [2.75, 3.05) is 30.0 Å². The maximum absolute atomic E-state index is 12.5. The van der Waals surface area contributed by atoms with Gasteiger partial charge in [0, 0.05) is 19.1 Å². The molecule has 1 aliphatic rings. The molecule has 23 heavy (non-hydrogen) atoms. The lowest BCUT2D eigenvalue weighted by molar-refractivity contribution is -0.152. The summed E-state index contributed by atoms with van der Waals surface area (Å²) in [6.45, 7) is 3.36. The SMILES string of the molecule is CCOCC(=O)OCC(=O)N1c2ccccc2NC(=O)CC1C. The van der Waals surface area contributed by atoms with E-state index in [0.29, 0.717) is 18.0 Å². The van der Waals surface area contributed by atoms with E-state index in [1.807, 2.05) is 0 Å². The lowest BCUT2D eigenvalue weighted by Crippen LogP contribution is -2.41. The molecule has 0 aliphatic carbocycles. The van der Waals surface area contributed by atoms with Crippen LogP contribution in [0.4, 0.5) is 11.4 Å². The molecule has 0 fully saturated rings. The topological polar surface area (TPSA) is 84.9 Å². The molecule has 0 radical (unpaired) electrons. The largest absolute Gasteiger partial charge is 0.454 e. The summed E-state index contributed by atoms with van der Waals surface area (Å²) in [6.07, 6.45) is 0.174. The van der Waals surface area contributed by atoms with Gasteiger partial charge in [0.2, 0.25) is 5.91 Å². The Hall–Kier alpha value is -2.41. The number of hydrogen-bond donors (Lipinski definition) is 1. The van der Waals surface area contributed by atoms with E-state index in [2.05, 4.69) is 5.32 Å². The van der Waals surface area contributed by atoms with Gasteiger partial charge in [-0.1, -0.05) is 12.1 Å². The predicted molar refractivity (Wildman–Crippen MR) is 84.1 cm³/mol. The number of hydrogen-bond acceptors (Lipinski definition) is 5. The number of carbonyl (C=O) groups excluding carboxylic acids is 3. The van der Waals surface area contributed by atoms with Crippen LogP contribution >= 0.6 is 0 Å². The summed E-state index contributed by atoms with van der Waals surface area (Å²) in [7, 11) is 0. The first kappa shape index (κ1) is 17.0. The van der Waals surface area contributed by atoms with Crippen LogP contribution in [0.2, 0.25) is 0 Å². The number of benzene rings is 1. The number of para-hydroxylation sites is 2. The Bertz CT molecular complexity index is 602. The van der Waals surface area contributed by atoms with Crippen molar-refractivity contribution >= 4 is 29.2 Å². The summed E-state index contributed by atoms with van der Waals surface area (Å²) in [6, 6.07) is 6.70. The zero-order chi connectivity index (χ0) is 16.8. The van der Waals surface area contributed by atoms with Crippen molar-refractivity contribution < 1.29 is 23.9 Å². The number of fused-ring (bicyclic) bond motifs is 1. The Morgan fingerprint density at radius 3 is 2.78 bits per heavy atom. The first-order chi connectivity index (χ1) is 11.0. The maximum atomic E-state index is 12.5. The van der Waals surface area contributed by atoms with E-state index < -0.39 is 12.6 Å². The molecular formula is C16H20N2O5. The van der Waals surface area contributed by atoms with Crippen LogP contribution in [-0.2, 0) is 23.9 Å². The lowest BCUT2D eigenvalue weighted by atomic mass is 10.1. The zero-order valence-corrected chi connectivity index (χ0v) is 13.2. The highest BCUT2D eigenvalue weighted by molar-refractivity contribution is 6.05. The summed E-state index contributed by atoms with van der Waals surface area (Å²) < 4.78 is 9.86. The van der Waals surface area contributed by atoms with E-state index in [0.717, 1.165) is 0 Å². The summed E-state index contributed by atoms with van der Waals surface area (Å²) >= 11 is 0. The second kappa shape index (κ2) is 7.73. The molecule has 0 aromatic heterocycles. The third-order valence-electron chi connectivity index (χ3n) is 3.41. The minimum atomic E-state index is -0.592. The van der Waals surface area contributed by atoms with Crippen LogP contribution in [0.3, 0.4) is 0 Å². The van der Waals surface area contributed by atoms with Gasteiger partial charge in [-0.25, -0.2) is 4.79 Å². The van der Waals surface area contributed by atoms with Crippen LogP contribution in [0, 0.1) is 0 Å². The number of anilines is 2. The summed E-state index contributed by atoms with van der Waals surface area (Å²) in [5.41, 5.74) is 1.16. The molecule has 7 heteroatoms. The van der Waals surface area contributed by atoms with Crippen LogP contribution < -0.4 is 10.2 Å². The van der Waals surface area contributed by atoms with Crippen molar-refractivity contribution in [1.82, 2.24) is 0 Å². The monoisotopic (exact) mass is 320 g/mol. The molecule has 0 saturated carbocycles. The van der Waals surface area contributed by atoms with Crippen LogP contribution in [0.5, 0.6) is 0 Å². The zero-order valence-electron chi connectivity index (χ0n) is 13.2. The summed E-state index contributed by atoms with van der Waals surface area (Å²) in [5, 5.41) is 2.77. The second-order valence-corrected chi connectivity index (χ2v) is 5.18. The average Bonchev–Trinajstić information content (AvgIpc) is 2.64. The molecule has 2 amide bonds. The molecule has 1 atom stereocenters. The third-order valence-corrected chi connectivity index (χ3v) is 3.41. The number of amides is 2. The van der Waals surface area contributed by atoms with Crippen molar-refractivity contribution in [3.05, 3.63) is 24.3 Å². The van der Waals surface area contributed by atoms with Gasteiger partial charge < -0.3 is 19.7 Å². The molecule has 1 aromatic rings. The molecule has 1 heterocycles. The van der Waals surface area contributed by atoms with Crippen molar-refractivity contribution in [2.45, 2.75) is 26.3 Å². The predicted octanol–water partition coefficient (Wildman–Crippen LogP) is 1.33. The minimum Gasteiger partial charge on any atom is -0.454 e. The number of nitrogens with one attached hydrogen (secondary N) is 1. The Balaban J connectivity index is 2.11. The lowest BCUT2D eigenvalue weighted by Gasteiger charge is -2.27. The molecule has 0 bridgehead atoms. The first-order valence-electron chi connectivity index (χ1n) is 7.47. The molecule has 1 aromatic carbocycles. The highest BCUT2D eigenvalue weighted by Crippen LogP contribution is 2.31. The number of esters is 1. The van der Waals surface area contributed by atoms with E-state index in [9.17, 15) is 14.4 Å². The van der Waals surface area contributed by atoms with Crippen LogP contribution in [-0.4, -0.2) is 43.6 Å². The van der Waals surface area contributed by atoms with E-state index >= 15 is 0 Å². The Kier molecular flexibility index (Phi) is 5.70. The second-order valence-electron chi connectivity index (χ2n) is 5.18. The van der Waals surface area contributed by atoms with Gasteiger partial charge >= 0.3 is 5.97 Å². The fourth-order valence-corrected chi connectivity index (χ4v) is 2.41. The Morgan fingerprint density at radius 1 is 1.30 bits per heavy atom. The molecule has 0 saturated heterocycles. The van der Waals surface area contributed by atoms with Gasteiger partial charge in [-0.3, -0.25) is 9.59 Å². The quantitative estimate of drug-likeness (QED) is 0.827. The van der Waals surface area contributed by atoms with Gasteiger partial charge in [0.25, 0.3) is 5.91 Å². The smallest absolute Gasteiger partial charge is 0.332 e. The van der Waals surface area contributed by atoms with Crippen molar-refractivity contribution in [3.63, 3.8) is 0 Å². The molecule has 0 spiro atoms. The van der Waals surface area contributed by atoms with Gasteiger partial charge in [-0.2, -0.15) is 0 Å². The molecule has 124 valence electrons. The maximum Gasteiger partial charge on any atom is 0.332 e. The normalized spacial score (nSPS) is 17.0. The highest BCUT2D eigenvalue weighted by atomic mass is 16.6. The van der Waals surface area contributed by atoms with Crippen molar-refractivity contribution in [3.8, 4) is 0 Å². The van der Waals surface area contributed by atoms with Gasteiger partial charge in [0.15, 0.2) is 6.61 Å². The third kappa shape index (κ3) is 4.29. The number of ether oxygens (including phenoxy) is 2. The number of nitrogens with zero attached hydrogens (tertiary/aromatic N) is 1. The number of rotatable bonds is 5. The van der Waals surface area contributed by atoms with E-state index in [1.165, 1.54) is 4.90 Å². The van der Waals surface area contributed by atoms with Gasteiger partial charge in [-0.15, -0.1) is 0 Å². The van der Waals surface area contributed by atoms with E-state index in [4.69, 9.17) is 9.47 Å². The highest BCUT2D eigenvalue weighted by Gasteiger charge is 2.29. The van der Waals surface area contributed by atoms with E-state index in [-0.39, 0.29) is 30.9 Å². The Labute approximate surface area is 134 Å². The van der Waals surface area contributed by atoms with Crippen molar-refractivity contribution in [1.29, 1.82) is 0 Å². The van der Waals surface area contributed by atoms with Crippen LogP contribution in [0.15, 0.2) is 24.3 Å². The number of carbonyl (C=O) groups is 3. The molecule has 1 aliphatic heterocycles. The average molecular weight is 320 g/mol. The van der Waals surface area contributed by atoms with Gasteiger partial charge in [-0.05, 0) is 26.0 Å². The molecule has 2 rings (SSSR count). The minimum absolute atomic E-state index is 0.159. The van der Waals surface area contributed by atoms with Crippen molar-refractivity contribution in [2.24, 2.45) is 0 Å². The molecule has 1 unspecified atom stereocenters.